The second-order valence-electron chi connectivity index (χ2n) is 12.9. The number of nitrogens with zero attached hydrogens (tertiary/aromatic N) is 2. The Kier molecular flexibility index (Phi) is 8.01. The van der Waals surface area contributed by atoms with Gasteiger partial charge in [0.25, 0.3) is 11.5 Å². The molecule has 0 radical (unpaired) electrons. The van der Waals surface area contributed by atoms with Gasteiger partial charge in [-0.25, -0.2) is 4.99 Å². The van der Waals surface area contributed by atoms with E-state index in [1.54, 1.807) is 23.6 Å². The van der Waals surface area contributed by atoms with Crippen LogP contribution in [0.15, 0.2) is 87.8 Å². The molecule has 6 nitrogen and oxygen atoms in total. The highest BCUT2D eigenvalue weighted by Gasteiger charge is 2.33. The van der Waals surface area contributed by atoms with Crippen molar-refractivity contribution in [2.45, 2.75) is 65.3 Å². The molecule has 0 spiro atoms. The van der Waals surface area contributed by atoms with Gasteiger partial charge in [-0.15, -0.1) is 0 Å². The summed E-state index contributed by atoms with van der Waals surface area (Å²) in [6, 6.07) is 19.6. The Balaban J connectivity index is 1.71. The Morgan fingerprint density at radius 1 is 0.977 bits per heavy atom. The summed E-state index contributed by atoms with van der Waals surface area (Å²) in [7, 11) is 0. The van der Waals surface area contributed by atoms with Crippen LogP contribution in [0.25, 0.3) is 6.08 Å². The zero-order chi connectivity index (χ0) is 31.3. The minimum atomic E-state index is -0.700. The zero-order valence-corrected chi connectivity index (χ0v) is 27.0. The lowest BCUT2D eigenvalue weighted by molar-refractivity contribution is -0.113. The van der Waals surface area contributed by atoms with Crippen molar-refractivity contribution in [2.75, 3.05) is 5.32 Å². The second kappa shape index (κ2) is 11.3. The third kappa shape index (κ3) is 6.10. The van der Waals surface area contributed by atoms with Gasteiger partial charge in [0.15, 0.2) is 4.80 Å². The van der Waals surface area contributed by atoms with Gasteiger partial charge in [0, 0.05) is 21.8 Å². The number of aromatic nitrogens is 1. The number of phenols is 1. The minimum absolute atomic E-state index is 0.246. The molecule has 2 heterocycles. The minimum Gasteiger partial charge on any atom is -0.507 e. The lowest BCUT2D eigenvalue weighted by Gasteiger charge is -2.27. The molecular weight excluding hydrogens is 578 g/mol. The maximum atomic E-state index is 14.2. The average Bonchev–Trinajstić information content (AvgIpc) is 3.22. The molecule has 222 valence electrons. The van der Waals surface area contributed by atoms with E-state index in [-0.39, 0.29) is 28.0 Å². The number of rotatable bonds is 4. The van der Waals surface area contributed by atoms with Crippen LogP contribution < -0.4 is 20.2 Å². The number of hydrogen-bond donors (Lipinski definition) is 2. The Hall–Kier alpha value is -3.94. The molecule has 0 saturated carbocycles. The molecule has 43 heavy (non-hydrogen) atoms. The molecule has 2 N–H and O–H groups in total. The zero-order valence-electron chi connectivity index (χ0n) is 25.4. The van der Waals surface area contributed by atoms with Crippen LogP contribution in [0.4, 0.5) is 5.69 Å². The number of carbonyl (C=O) groups excluding carboxylic acids is 1. The highest BCUT2D eigenvalue weighted by Crippen LogP contribution is 2.40. The van der Waals surface area contributed by atoms with E-state index in [0.29, 0.717) is 31.3 Å². The van der Waals surface area contributed by atoms with E-state index < -0.39 is 6.04 Å². The second-order valence-corrected chi connectivity index (χ2v) is 14.4. The van der Waals surface area contributed by atoms with Crippen LogP contribution in [0, 0.1) is 0 Å². The van der Waals surface area contributed by atoms with Crippen molar-refractivity contribution in [3.05, 3.63) is 125 Å². The van der Waals surface area contributed by atoms with Crippen LogP contribution in [0.5, 0.6) is 5.75 Å². The van der Waals surface area contributed by atoms with Crippen molar-refractivity contribution in [3.8, 4) is 5.75 Å². The molecule has 0 saturated heterocycles. The molecule has 5 rings (SSSR count). The number of nitrogens with one attached hydrogen (secondary N) is 1. The van der Waals surface area contributed by atoms with E-state index in [1.807, 2.05) is 60.7 Å². The number of aromatic hydroxyl groups is 1. The Morgan fingerprint density at radius 2 is 1.56 bits per heavy atom. The molecule has 4 aromatic rings. The van der Waals surface area contributed by atoms with Crippen molar-refractivity contribution in [2.24, 2.45) is 4.99 Å². The van der Waals surface area contributed by atoms with Gasteiger partial charge in [0.05, 0.1) is 21.8 Å². The number of benzene rings is 3. The number of allylic oxidation sites excluding steroid dienone is 1. The predicted octanol–water partition coefficient (Wildman–Crippen LogP) is 6.83. The van der Waals surface area contributed by atoms with Gasteiger partial charge in [-0.05, 0) is 71.4 Å². The van der Waals surface area contributed by atoms with Gasteiger partial charge in [-0.3, -0.25) is 14.2 Å². The van der Waals surface area contributed by atoms with Crippen molar-refractivity contribution in [3.63, 3.8) is 0 Å². The van der Waals surface area contributed by atoms with Crippen molar-refractivity contribution in [1.82, 2.24) is 4.57 Å². The summed E-state index contributed by atoms with van der Waals surface area (Å²) < 4.78 is 2.09. The summed E-state index contributed by atoms with van der Waals surface area (Å²) in [5.74, 6) is -0.0455. The number of phenolic OH excluding ortho intramolecular Hbond substituents is 1. The first kappa shape index (κ1) is 30.5. The fourth-order valence-electron chi connectivity index (χ4n) is 5.33. The molecule has 1 aliphatic heterocycles. The van der Waals surface area contributed by atoms with E-state index in [2.05, 4.69) is 46.9 Å². The summed E-state index contributed by atoms with van der Waals surface area (Å²) in [4.78, 5) is 33.2. The largest absolute Gasteiger partial charge is 0.507 e. The quantitative estimate of drug-likeness (QED) is 0.265. The predicted molar refractivity (Wildman–Crippen MR) is 176 cm³/mol. The van der Waals surface area contributed by atoms with E-state index in [4.69, 9.17) is 16.6 Å². The van der Waals surface area contributed by atoms with E-state index in [9.17, 15) is 14.7 Å². The van der Waals surface area contributed by atoms with Crippen molar-refractivity contribution >= 4 is 40.6 Å². The molecule has 8 heteroatoms. The van der Waals surface area contributed by atoms with Crippen LogP contribution in [0.3, 0.4) is 0 Å². The van der Waals surface area contributed by atoms with E-state index >= 15 is 0 Å². The van der Waals surface area contributed by atoms with Crippen LogP contribution in [-0.4, -0.2) is 15.6 Å². The lowest BCUT2D eigenvalue weighted by atomic mass is 9.78. The van der Waals surface area contributed by atoms with Gasteiger partial charge in [-0.1, -0.05) is 94.8 Å². The molecule has 0 fully saturated rings. The molecule has 0 aliphatic carbocycles. The number of thiazole rings is 1. The number of anilines is 1. The summed E-state index contributed by atoms with van der Waals surface area (Å²) in [5, 5.41) is 14.7. The van der Waals surface area contributed by atoms with Crippen molar-refractivity contribution < 1.29 is 9.90 Å². The van der Waals surface area contributed by atoms with Gasteiger partial charge < -0.3 is 10.4 Å². The topological polar surface area (TPSA) is 83.7 Å². The molecule has 1 amide bonds. The summed E-state index contributed by atoms with van der Waals surface area (Å²) in [5.41, 5.74) is 3.90. The Morgan fingerprint density at radius 3 is 2.12 bits per heavy atom. The molecule has 0 bridgehead atoms. The number of hydrogen-bond acceptors (Lipinski definition) is 5. The number of fused-ring (bicyclic) bond motifs is 1. The van der Waals surface area contributed by atoms with Crippen LogP contribution in [0.2, 0.25) is 5.02 Å². The van der Waals surface area contributed by atoms with Gasteiger partial charge in [-0.2, -0.15) is 0 Å². The first-order valence-corrected chi connectivity index (χ1v) is 15.4. The number of amides is 1. The molecule has 1 aliphatic rings. The third-order valence-corrected chi connectivity index (χ3v) is 8.76. The van der Waals surface area contributed by atoms with Crippen molar-refractivity contribution in [1.29, 1.82) is 0 Å². The smallest absolute Gasteiger partial charge is 0.271 e. The summed E-state index contributed by atoms with van der Waals surface area (Å²) >= 11 is 7.50. The van der Waals surface area contributed by atoms with Gasteiger partial charge in [0.1, 0.15) is 5.75 Å². The van der Waals surface area contributed by atoms with Crippen LogP contribution in [0.1, 0.15) is 76.8 Å². The molecule has 3 aromatic carbocycles. The SMILES string of the molecule is CC1=C(C(=O)Nc2ccccc2)[C@H](c2ccc(Cl)cc2)n2c(s/c(=C\c3cc(C(C)(C)C)c(O)c(C(C)(C)C)c3)c2=O)=N1. The fraction of sp³-hybridized carbons (Fsp3) is 0.286. The number of carbonyl (C=O) groups is 1. The number of para-hydroxylation sites is 1. The number of halogens is 1. The molecular formula is C35H36ClN3O3S. The molecule has 0 unspecified atom stereocenters. The van der Waals surface area contributed by atoms with Gasteiger partial charge >= 0.3 is 0 Å². The Labute approximate surface area is 260 Å². The highest BCUT2D eigenvalue weighted by molar-refractivity contribution is 7.07. The Bertz CT molecular complexity index is 1890. The van der Waals surface area contributed by atoms with Gasteiger partial charge in [0.2, 0.25) is 0 Å². The third-order valence-electron chi connectivity index (χ3n) is 7.53. The average molecular weight is 614 g/mol. The lowest BCUT2D eigenvalue weighted by Crippen LogP contribution is -2.40. The highest BCUT2D eigenvalue weighted by atomic mass is 35.5. The first-order valence-electron chi connectivity index (χ1n) is 14.2. The summed E-state index contributed by atoms with van der Waals surface area (Å²) in [6.45, 7) is 14.1. The maximum absolute atomic E-state index is 14.2. The van der Waals surface area contributed by atoms with E-state index in [1.165, 1.54) is 11.3 Å². The standard InChI is InChI=1S/C35H36ClN3O3S/c1-20-28(31(41)38-24-11-9-8-10-12-24)29(22-13-15-23(36)16-14-22)39-32(42)27(43-33(39)37-20)19-21-17-25(34(2,3)4)30(40)26(18-21)35(5,6)7/h8-19,29,40H,1-7H3,(H,38,41)/b27-19-/t29-/m0/s1. The van der Waals surface area contributed by atoms with Crippen LogP contribution >= 0.6 is 22.9 Å². The first-order chi connectivity index (χ1) is 20.1. The normalized spacial score (nSPS) is 15.7. The maximum Gasteiger partial charge on any atom is 0.271 e. The monoisotopic (exact) mass is 613 g/mol. The van der Waals surface area contributed by atoms with E-state index in [0.717, 1.165) is 22.3 Å². The van der Waals surface area contributed by atoms with Crippen LogP contribution in [-0.2, 0) is 15.6 Å². The fourth-order valence-corrected chi connectivity index (χ4v) is 6.50. The summed E-state index contributed by atoms with van der Waals surface area (Å²) in [6.07, 6.45) is 1.86. The molecule has 1 atom stereocenters. The molecule has 1 aromatic heterocycles.